The molecule has 1 aliphatic heterocycles. The van der Waals surface area contributed by atoms with Crippen LogP contribution < -0.4 is 11.1 Å². The predicted molar refractivity (Wildman–Crippen MR) is 111 cm³/mol. The van der Waals surface area contributed by atoms with Crippen LogP contribution in [0.1, 0.15) is 11.1 Å². The van der Waals surface area contributed by atoms with E-state index in [9.17, 15) is 24.5 Å². The number of para-hydroxylation sites is 1. The molecule has 2 heterocycles. The molecule has 10 nitrogen and oxygen atoms in total. The summed E-state index contributed by atoms with van der Waals surface area (Å²) in [6, 6.07) is 12.4. The van der Waals surface area contributed by atoms with Crippen molar-refractivity contribution in [3.05, 3.63) is 81.7 Å². The number of aromatic nitrogens is 1. The Balaban J connectivity index is 1.61. The maximum Gasteiger partial charge on any atom is 0.329 e. The summed E-state index contributed by atoms with van der Waals surface area (Å²) in [6.07, 6.45) is 3.25. The van der Waals surface area contributed by atoms with Crippen molar-refractivity contribution in [3.63, 3.8) is 0 Å². The number of amides is 4. The number of primary amides is 1. The van der Waals surface area contributed by atoms with E-state index in [2.05, 4.69) is 5.32 Å². The first-order valence-electron chi connectivity index (χ1n) is 9.27. The number of nitro groups is 1. The average molecular weight is 419 g/mol. The number of hydrogen-bond donors (Lipinski definition) is 2. The van der Waals surface area contributed by atoms with E-state index in [1.165, 1.54) is 24.3 Å². The van der Waals surface area contributed by atoms with Gasteiger partial charge in [-0.1, -0.05) is 30.3 Å². The van der Waals surface area contributed by atoms with Crippen molar-refractivity contribution < 1.29 is 19.3 Å². The van der Waals surface area contributed by atoms with E-state index in [1.807, 2.05) is 24.3 Å². The van der Waals surface area contributed by atoms with Crippen molar-refractivity contribution in [2.75, 3.05) is 0 Å². The van der Waals surface area contributed by atoms with Crippen LogP contribution in [0.25, 0.3) is 17.0 Å². The average Bonchev–Trinajstić information content (AvgIpc) is 3.20. The van der Waals surface area contributed by atoms with Crippen LogP contribution >= 0.6 is 0 Å². The third kappa shape index (κ3) is 3.86. The molecule has 0 unspecified atom stereocenters. The fourth-order valence-electron chi connectivity index (χ4n) is 3.47. The molecule has 10 heteroatoms. The number of imide groups is 1. The van der Waals surface area contributed by atoms with Gasteiger partial charge >= 0.3 is 6.03 Å². The molecule has 0 spiro atoms. The van der Waals surface area contributed by atoms with Gasteiger partial charge in [-0.3, -0.25) is 24.6 Å². The zero-order valence-electron chi connectivity index (χ0n) is 16.1. The molecule has 3 N–H and O–H groups in total. The molecule has 4 amide bonds. The van der Waals surface area contributed by atoms with E-state index in [4.69, 9.17) is 5.73 Å². The van der Waals surface area contributed by atoms with Crippen LogP contribution in [0.5, 0.6) is 0 Å². The highest BCUT2D eigenvalue weighted by Gasteiger charge is 2.33. The standard InChI is InChI=1S/C21H17N5O5/c22-19(27)12-24-11-14(16-3-1-2-4-18(16)24)9-17-20(28)25(21(29)23-17)10-13-5-7-15(8-6-13)26(30)31/h1-9,11H,10,12H2,(H2,22,27)(H,23,29)/b17-9-. The van der Waals surface area contributed by atoms with Gasteiger partial charge in [0.25, 0.3) is 11.6 Å². The lowest BCUT2D eigenvalue weighted by Gasteiger charge is -2.11. The molecular weight excluding hydrogens is 402 g/mol. The van der Waals surface area contributed by atoms with E-state index in [0.29, 0.717) is 11.1 Å². The molecule has 0 aliphatic carbocycles. The maximum absolute atomic E-state index is 12.8. The Hall–Kier alpha value is -4.47. The number of carbonyl (C=O) groups excluding carboxylic acids is 3. The van der Waals surface area contributed by atoms with E-state index in [0.717, 1.165) is 15.8 Å². The van der Waals surface area contributed by atoms with Crippen molar-refractivity contribution in [2.24, 2.45) is 5.73 Å². The largest absolute Gasteiger partial charge is 0.368 e. The Morgan fingerprint density at radius 3 is 2.52 bits per heavy atom. The van der Waals surface area contributed by atoms with Gasteiger partial charge in [-0.2, -0.15) is 0 Å². The van der Waals surface area contributed by atoms with Gasteiger partial charge in [0.2, 0.25) is 5.91 Å². The summed E-state index contributed by atoms with van der Waals surface area (Å²) in [5, 5.41) is 14.1. The Morgan fingerprint density at radius 2 is 1.84 bits per heavy atom. The van der Waals surface area contributed by atoms with Crippen molar-refractivity contribution >= 4 is 40.5 Å². The van der Waals surface area contributed by atoms with Crippen LogP contribution in [0.4, 0.5) is 10.5 Å². The summed E-state index contributed by atoms with van der Waals surface area (Å²) < 4.78 is 1.68. The zero-order chi connectivity index (χ0) is 22.1. The predicted octanol–water partition coefficient (Wildman–Crippen LogP) is 2.13. The van der Waals surface area contributed by atoms with Crippen LogP contribution in [-0.4, -0.2) is 32.2 Å². The smallest absolute Gasteiger partial charge is 0.329 e. The molecule has 1 aliphatic rings. The number of hydrogen-bond acceptors (Lipinski definition) is 5. The number of rotatable bonds is 6. The highest BCUT2D eigenvalue weighted by atomic mass is 16.6. The molecule has 4 rings (SSSR count). The number of non-ortho nitro benzene ring substituents is 1. The van der Waals surface area contributed by atoms with Crippen LogP contribution in [0, 0.1) is 10.1 Å². The third-order valence-electron chi connectivity index (χ3n) is 4.90. The Morgan fingerprint density at radius 1 is 1.13 bits per heavy atom. The minimum Gasteiger partial charge on any atom is -0.368 e. The summed E-state index contributed by atoms with van der Waals surface area (Å²) in [6.45, 7) is -0.0420. The van der Waals surface area contributed by atoms with Crippen molar-refractivity contribution in [1.82, 2.24) is 14.8 Å². The second-order valence-corrected chi connectivity index (χ2v) is 7.00. The molecule has 2 aromatic carbocycles. The fourth-order valence-corrected chi connectivity index (χ4v) is 3.47. The van der Waals surface area contributed by atoms with Gasteiger partial charge in [-0.15, -0.1) is 0 Å². The summed E-state index contributed by atoms with van der Waals surface area (Å²) in [7, 11) is 0. The lowest BCUT2D eigenvalue weighted by molar-refractivity contribution is -0.384. The van der Waals surface area contributed by atoms with Crippen LogP contribution in [0.15, 0.2) is 60.4 Å². The summed E-state index contributed by atoms with van der Waals surface area (Å²) in [5.74, 6) is -1.02. The monoisotopic (exact) mass is 419 g/mol. The molecule has 156 valence electrons. The first kappa shape index (κ1) is 19.8. The Kier molecular flexibility index (Phi) is 4.96. The molecule has 1 fully saturated rings. The number of urea groups is 1. The van der Waals surface area contributed by atoms with Gasteiger partial charge in [-0.05, 0) is 17.7 Å². The first-order valence-corrected chi connectivity index (χ1v) is 9.27. The Bertz CT molecular complexity index is 1260. The lowest BCUT2D eigenvalue weighted by atomic mass is 10.1. The number of nitro benzene ring substituents is 1. The number of benzene rings is 2. The van der Waals surface area contributed by atoms with Crippen LogP contribution in [-0.2, 0) is 22.7 Å². The van der Waals surface area contributed by atoms with E-state index >= 15 is 0 Å². The van der Waals surface area contributed by atoms with Gasteiger partial charge < -0.3 is 15.6 Å². The van der Waals surface area contributed by atoms with Crippen molar-refractivity contribution in [3.8, 4) is 0 Å². The second kappa shape index (κ2) is 7.75. The zero-order valence-corrected chi connectivity index (χ0v) is 16.1. The molecule has 0 atom stereocenters. The number of nitrogens with two attached hydrogens (primary N) is 1. The van der Waals surface area contributed by atoms with Gasteiger partial charge in [-0.25, -0.2) is 4.79 Å². The first-order chi connectivity index (χ1) is 14.8. The van der Waals surface area contributed by atoms with Crippen LogP contribution in [0.3, 0.4) is 0 Å². The van der Waals surface area contributed by atoms with Gasteiger partial charge in [0.15, 0.2) is 0 Å². The minimum atomic E-state index is -0.588. The molecule has 0 radical (unpaired) electrons. The van der Waals surface area contributed by atoms with Crippen molar-refractivity contribution in [1.29, 1.82) is 0 Å². The van der Waals surface area contributed by atoms with Crippen molar-refractivity contribution in [2.45, 2.75) is 13.1 Å². The molecule has 3 aromatic rings. The topological polar surface area (TPSA) is 141 Å². The number of nitrogens with zero attached hydrogens (tertiary/aromatic N) is 3. The molecule has 1 aromatic heterocycles. The van der Waals surface area contributed by atoms with E-state index in [1.54, 1.807) is 16.8 Å². The summed E-state index contributed by atoms with van der Waals surface area (Å²) >= 11 is 0. The lowest BCUT2D eigenvalue weighted by Crippen LogP contribution is -2.30. The second-order valence-electron chi connectivity index (χ2n) is 7.00. The SMILES string of the molecule is NC(=O)Cn1cc(/C=C2\NC(=O)N(Cc3ccc([N+](=O)[O-])cc3)C2=O)c2ccccc21. The maximum atomic E-state index is 12.8. The summed E-state index contributed by atoms with van der Waals surface area (Å²) in [4.78, 5) is 47.8. The van der Waals surface area contributed by atoms with E-state index in [-0.39, 0.29) is 24.5 Å². The molecule has 31 heavy (non-hydrogen) atoms. The number of fused-ring (bicyclic) bond motifs is 1. The van der Waals surface area contributed by atoms with Gasteiger partial charge in [0.1, 0.15) is 12.2 Å². The highest BCUT2D eigenvalue weighted by Crippen LogP contribution is 2.25. The van der Waals surface area contributed by atoms with Crippen LogP contribution in [0.2, 0.25) is 0 Å². The molecular formula is C21H17N5O5. The quantitative estimate of drug-likeness (QED) is 0.273. The molecule has 1 saturated heterocycles. The van der Waals surface area contributed by atoms with Gasteiger partial charge in [0.05, 0.1) is 11.5 Å². The minimum absolute atomic E-state index is 0.0176. The normalized spacial score (nSPS) is 15.0. The molecule has 0 saturated carbocycles. The summed E-state index contributed by atoms with van der Waals surface area (Å²) in [5.41, 5.74) is 7.33. The Labute approximate surface area is 175 Å². The van der Waals surface area contributed by atoms with Gasteiger partial charge in [0, 0.05) is 34.8 Å². The van der Waals surface area contributed by atoms with E-state index < -0.39 is 22.8 Å². The fraction of sp³-hybridized carbons (Fsp3) is 0.0952. The number of carbonyl (C=O) groups is 3. The third-order valence-corrected chi connectivity index (χ3v) is 4.90. The highest BCUT2D eigenvalue weighted by molar-refractivity contribution is 6.14. The molecule has 0 bridgehead atoms. The number of nitrogens with one attached hydrogen (secondary N) is 1.